The van der Waals surface area contributed by atoms with Crippen LogP contribution in [0.25, 0.3) is 10.9 Å². The number of rotatable bonds is 6. The predicted molar refractivity (Wildman–Crippen MR) is 74.1 cm³/mol. The third-order valence-electron chi connectivity index (χ3n) is 3.11. The van der Waals surface area contributed by atoms with Gasteiger partial charge in [-0.2, -0.15) is 0 Å². The smallest absolute Gasteiger partial charge is 0.328 e. The van der Waals surface area contributed by atoms with E-state index in [4.69, 9.17) is 9.84 Å². The van der Waals surface area contributed by atoms with E-state index in [-0.39, 0.29) is 6.42 Å². The summed E-state index contributed by atoms with van der Waals surface area (Å²) in [6.45, 7) is -1.15. The number of carboxylic acids is 1. The Kier molecular flexibility index (Phi) is 4.42. The normalized spacial score (nSPS) is 12.1. The zero-order valence-corrected chi connectivity index (χ0v) is 11.4. The van der Waals surface area contributed by atoms with Crippen LogP contribution in [-0.2, 0) is 16.0 Å². The molecule has 1 aromatic carbocycles. The van der Waals surface area contributed by atoms with Crippen molar-refractivity contribution in [1.82, 2.24) is 10.3 Å². The summed E-state index contributed by atoms with van der Waals surface area (Å²) in [7, 11) is 1.54. The lowest BCUT2D eigenvalue weighted by Crippen LogP contribution is -2.42. The van der Waals surface area contributed by atoms with Gasteiger partial charge in [0.2, 0.25) is 5.91 Å². The first-order valence-electron chi connectivity index (χ1n) is 6.27. The lowest BCUT2D eigenvalue weighted by molar-refractivity contribution is -0.142. The summed E-state index contributed by atoms with van der Waals surface area (Å²) in [6, 6.07) is 3.86. The van der Waals surface area contributed by atoms with Crippen LogP contribution in [0, 0.1) is 0 Å². The number of carboxylic acid groups (broad SMARTS) is 1. The minimum absolute atomic E-state index is 0.0447. The molecule has 1 amide bonds. The molecule has 0 saturated heterocycles. The molecule has 0 aliphatic heterocycles. The number of ether oxygens (including phenoxy) is 1. The summed E-state index contributed by atoms with van der Waals surface area (Å²) in [4.78, 5) is 25.5. The second-order valence-electron chi connectivity index (χ2n) is 4.51. The van der Waals surface area contributed by atoms with Crippen LogP contribution in [0.3, 0.4) is 0 Å². The summed E-state index contributed by atoms with van der Waals surface area (Å²) >= 11 is 0. The number of aromatic nitrogens is 1. The zero-order chi connectivity index (χ0) is 15.4. The molecule has 0 radical (unpaired) electrons. The number of benzene rings is 1. The van der Waals surface area contributed by atoms with Gasteiger partial charge in [-0.3, -0.25) is 4.79 Å². The molecule has 0 fully saturated rings. The monoisotopic (exact) mass is 294 g/mol. The molecular formula is C14H15FN2O4. The van der Waals surface area contributed by atoms with E-state index in [1.807, 2.05) is 6.07 Å². The number of alkyl halides is 1. The summed E-state index contributed by atoms with van der Waals surface area (Å²) < 4.78 is 17.6. The second-order valence-corrected chi connectivity index (χ2v) is 4.51. The Morgan fingerprint density at radius 1 is 1.48 bits per heavy atom. The van der Waals surface area contributed by atoms with Crippen molar-refractivity contribution in [3.8, 4) is 5.75 Å². The third kappa shape index (κ3) is 3.31. The molecule has 1 unspecified atom stereocenters. The Morgan fingerprint density at radius 2 is 2.24 bits per heavy atom. The van der Waals surface area contributed by atoms with E-state index in [1.165, 1.54) is 0 Å². The van der Waals surface area contributed by atoms with Crippen LogP contribution in [0.5, 0.6) is 5.75 Å². The fourth-order valence-corrected chi connectivity index (χ4v) is 2.02. The number of carbonyl (C=O) groups excluding carboxylic acids is 1. The fraction of sp³-hybridized carbons (Fsp3) is 0.286. The number of methoxy groups -OCH3 is 1. The lowest BCUT2D eigenvalue weighted by atomic mass is 10.1. The van der Waals surface area contributed by atoms with E-state index in [0.717, 1.165) is 10.9 Å². The predicted octanol–water partition coefficient (Wildman–Crippen LogP) is 1.26. The highest BCUT2D eigenvalue weighted by molar-refractivity contribution is 5.91. The molecule has 0 bridgehead atoms. The first-order valence-corrected chi connectivity index (χ1v) is 6.27. The topological polar surface area (TPSA) is 91.4 Å². The Hall–Kier alpha value is -2.57. The van der Waals surface area contributed by atoms with E-state index in [2.05, 4.69) is 10.3 Å². The Bertz CT molecular complexity index is 668. The highest BCUT2D eigenvalue weighted by Gasteiger charge is 2.20. The van der Waals surface area contributed by atoms with Crippen LogP contribution in [-0.4, -0.2) is 41.8 Å². The van der Waals surface area contributed by atoms with E-state index in [1.54, 1.807) is 25.4 Å². The molecule has 0 aliphatic rings. The van der Waals surface area contributed by atoms with Crippen molar-refractivity contribution in [1.29, 1.82) is 0 Å². The molecule has 0 spiro atoms. The summed E-state index contributed by atoms with van der Waals surface area (Å²) in [5.74, 6) is -1.30. The van der Waals surface area contributed by atoms with Crippen molar-refractivity contribution in [3.63, 3.8) is 0 Å². The quantitative estimate of drug-likeness (QED) is 0.748. The van der Waals surface area contributed by atoms with E-state index in [0.29, 0.717) is 11.3 Å². The van der Waals surface area contributed by atoms with Crippen LogP contribution >= 0.6 is 0 Å². The number of hydrogen-bond donors (Lipinski definition) is 3. The maximum atomic E-state index is 12.5. The van der Waals surface area contributed by atoms with Crippen LogP contribution in [0.1, 0.15) is 5.56 Å². The van der Waals surface area contributed by atoms with Gasteiger partial charge in [0.05, 0.1) is 13.5 Å². The SMILES string of the molecule is COc1ccc2[nH]cc(CC(=O)NC(CF)C(=O)O)c2c1. The molecule has 2 aromatic rings. The average Bonchev–Trinajstić information content (AvgIpc) is 2.86. The van der Waals surface area contributed by atoms with Crippen molar-refractivity contribution >= 4 is 22.8 Å². The van der Waals surface area contributed by atoms with Crippen molar-refractivity contribution in [2.75, 3.05) is 13.8 Å². The number of H-pyrrole nitrogens is 1. The molecule has 1 atom stereocenters. The third-order valence-corrected chi connectivity index (χ3v) is 3.11. The van der Waals surface area contributed by atoms with Gasteiger partial charge in [-0.05, 0) is 23.8 Å². The van der Waals surface area contributed by atoms with Gasteiger partial charge < -0.3 is 20.1 Å². The van der Waals surface area contributed by atoms with Crippen LogP contribution in [0.4, 0.5) is 4.39 Å². The Morgan fingerprint density at radius 3 is 2.86 bits per heavy atom. The first-order chi connectivity index (χ1) is 10.0. The number of fused-ring (bicyclic) bond motifs is 1. The van der Waals surface area contributed by atoms with Crippen LogP contribution < -0.4 is 10.1 Å². The maximum absolute atomic E-state index is 12.5. The molecule has 1 aromatic heterocycles. The molecule has 1 heterocycles. The molecule has 3 N–H and O–H groups in total. The van der Waals surface area contributed by atoms with Crippen molar-refractivity contribution < 1.29 is 23.8 Å². The Balaban J connectivity index is 2.15. The molecule has 21 heavy (non-hydrogen) atoms. The summed E-state index contributed by atoms with van der Waals surface area (Å²) in [6.07, 6.45) is 1.62. The van der Waals surface area contributed by atoms with E-state index in [9.17, 15) is 14.0 Å². The minimum Gasteiger partial charge on any atom is -0.497 e. The molecule has 2 rings (SSSR count). The minimum atomic E-state index is -1.52. The van der Waals surface area contributed by atoms with Crippen molar-refractivity contribution in [2.45, 2.75) is 12.5 Å². The molecule has 0 aliphatic carbocycles. The summed E-state index contributed by atoms with van der Waals surface area (Å²) in [5.41, 5.74) is 1.52. The van der Waals surface area contributed by atoms with E-state index >= 15 is 0 Å². The number of carbonyl (C=O) groups is 2. The average molecular weight is 294 g/mol. The maximum Gasteiger partial charge on any atom is 0.328 e. The van der Waals surface area contributed by atoms with Gasteiger partial charge in [-0.1, -0.05) is 0 Å². The van der Waals surface area contributed by atoms with Crippen LogP contribution in [0.15, 0.2) is 24.4 Å². The zero-order valence-electron chi connectivity index (χ0n) is 11.4. The van der Waals surface area contributed by atoms with E-state index < -0.39 is 24.6 Å². The highest BCUT2D eigenvalue weighted by atomic mass is 19.1. The molecule has 7 heteroatoms. The molecule has 0 saturated carbocycles. The lowest BCUT2D eigenvalue weighted by Gasteiger charge is -2.10. The number of halogens is 1. The van der Waals surface area contributed by atoms with Gasteiger partial charge in [0, 0.05) is 17.1 Å². The first kappa shape index (κ1) is 14.8. The van der Waals surface area contributed by atoms with Gasteiger partial charge in [-0.25, -0.2) is 9.18 Å². The second kappa shape index (κ2) is 6.25. The van der Waals surface area contributed by atoms with Gasteiger partial charge >= 0.3 is 5.97 Å². The molecular weight excluding hydrogens is 279 g/mol. The largest absolute Gasteiger partial charge is 0.497 e. The van der Waals surface area contributed by atoms with Gasteiger partial charge in [0.25, 0.3) is 0 Å². The standard InChI is InChI=1S/C14H15FN2O4/c1-21-9-2-3-11-10(5-9)8(7-16-11)4-13(18)17-12(6-15)14(19)20/h2-3,5,7,12,16H,4,6H2,1H3,(H,17,18)(H,19,20). The van der Waals surface area contributed by atoms with Crippen molar-refractivity contribution in [2.24, 2.45) is 0 Å². The number of aromatic amines is 1. The number of nitrogens with one attached hydrogen (secondary N) is 2. The molecule has 112 valence electrons. The fourth-order valence-electron chi connectivity index (χ4n) is 2.02. The van der Waals surface area contributed by atoms with Crippen molar-refractivity contribution in [3.05, 3.63) is 30.0 Å². The molecule has 6 nitrogen and oxygen atoms in total. The van der Waals surface area contributed by atoms with Crippen LogP contribution in [0.2, 0.25) is 0 Å². The number of aliphatic carboxylic acids is 1. The number of hydrogen-bond acceptors (Lipinski definition) is 3. The Labute approximate surface area is 119 Å². The van der Waals surface area contributed by atoms with Gasteiger partial charge in [0.15, 0.2) is 6.04 Å². The number of amides is 1. The van der Waals surface area contributed by atoms with Gasteiger partial charge in [-0.15, -0.1) is 0 Å². The van der Waals surface area contributed by atoms with Gasteiger partial charge in [0.1, 0.15) is 12.4 Å². The highest BCUT2D eigenvalue weighted by Crippen LogP contribution is 2.23. The summed E-state index contributed by atoms with van der Waals surface area (Å²) in [5, 5.41) is 11.7.